The maximum Gasteiger partial charge on any atom is 0.0530 e. The fourth-order valence-corrected chi connectivity index (χ4v) is 2.98. The molecule has 0 aliphatic carbocycles. The summed E-state index contributed by atoms with van der Waals surface area (Å²) in [6.45, 7) is 10.9. The van der Waals surface area contributed by atoms with Crippen molar-refractivity contribution in [3.05, 3.63) is 0 Å². The van der Waals surface area contributed by atoms with Crippen LogP contribution < -0.4 is 0 Å². The average Bonchev–Trinajstić information content (AvgIpc) is 2.39. The highest BCUT2D eigenvalue weighted by Crippen LogP contribution is 2.29. The van der Waals surface area contributed by atoms with Crippen molar-refractivity contribution in [1.82, 2.24) is 0 Å². The van der Waals surface area contributed by atoms with E-state index in [1.165, 1.54) is 38.5 Å². The summed E-state index contributed by atoms with van der Waals surface area (Å²) in [5, 5.41) is 1.05. The predicted molar refractivity (Wildman–Crippen MR) is 80.9 cm³/mol. The normalized spacial score (nSPS) is 13.9. The van der Waals surface area contributed by atoms with Gasteiger partial charge in [0.05, 0.1) is 6.61 Å². The Morgan fingerprint density at radius 1 is 1.12 bits per heavy atom. The summed E-state index contributed by atoms with van der Waals surface area (Å²) in [5.74, 6) is 0.761. The molecule has 0 N–H and O–H groups in total. The van der Waals surface area contributed by atoms with Gasteiger partial charge in [0.25, 0.3) is 0 Å². The molecule has 1 unspecified atom stereocenters. The molecule has 104 valence electrons. The van der Waals surface area contributed by atoms with E-state index >= 15 is 0 Å². The minimum absolute atomic E-state index is 0.350. The fourth-order valence-electron chi connectivity index (χ4n) is 2.02. The van der Waals surface area contributed by atoms with Crippen molar-refractivity contribution < 1.29 is 4.74 Å². The Morgan fingerprint density at radius 3 is 2.18 bits per heavy atom. The quantitative estimate of drug-likeness (QED) is 0.463. The second-order valence-electron chi connectivity index (χ2n) is 5.27. The average molecular weight is 307 g/mol. The summed E-state index contributed by atoms with van der Waals surface area (Å²) in [4.78, 5) is 0. The summed E-state index contributed by atoms with van der Waals surface area (Å²) >= 11 is 3.64. The molecule has 0 aromatic carbocycles. The molecule has 0 heterocycles. The molecule has 0 saturated heterocycles. The summed E-state index contributed by atoms with van der Waals surface area (Å²) < 4.78 is 5.99. The van der Waals surface area contributed by atoms with E-state index in [0.717, 1.165) is 24.5 Å². The van der Waals surface area contributed by atoms with E-state index in [2.05, 4.69) is 43.6 Å². The van der Waals surface area contributed by atoms with Gasteiger partial charge in [-0.25, -0.2) is 0 Å². The third-order valence-electron chi connectivity index (χ3n) is 4.09. The summed E-state index contributed by atoms with van der Waals surface area (Å²) in [6.07, 6.45) is 7.60. The number of alkyl halides is 1. The Labute approximate surface area is 117 Å². The van der Waals surface area contributed by atoms with Gasteiger partial charge < -0.3 is 4.74 Å². The second kappa shape index (κ2) is 10.4. The first kappa shape index (κ1) is 17.4. The van der Waals surface area contributed by atoms with E-state index in [0.29, 0.717) is 5.41 Å². The van der Waals surface area contributed by atoms with E-state index in [-0.39, 0.29) is 0 Å². The minimum Gasteiger partial charge on any atom is -0.381 e. The standard InChI is InChI=1S/C15H31BrO/c1-5-9-10-14(6-2)11-17-13-15(7-3,8-4)12-16/h14H,5-13H2,1-4H3. The molecule has 0 spiro atoms. The molecule has 0 rings (SSSR count). The topological polar surface area (TPSA) is 9.23 Å². The Bertz CT molecular complexity index is 158. The first-order valence-corrected chi connectivity index (χ1v) is 8.43. The lowest BCUT2D eigenvalue weighted by Crippen LogP contribution is -2.28. The lowest BCUT2D eigenvalue weighted by Gasteiger charge is -2.30. The van der Waals surface area contributed by atoms with Crippen molar-refractivity contribution in [3.8, 4) is 0 Å². The summed E-state index contributed by atoms with van der Waals surface area (Å²) in [7, 11) is 0. The smallest absolute Gasteiger partial charge is 0.0530 e. The number of unbranched alkanes of at least 4 members (excludes halogenated alkanes) is 1. The van der Waals surface area contributed by atoms with E-state index < -0.39 is 0 Å². The van der Waals surface area contributed by atoms with Gasteiger partial charge in [0.1, 0.15) is 0 Å². The summed E-state index contributed by atoms with van der Waals surface area (Å²) in [6, 6.07) is 0. The van der Waals surface area contributed by atoms with Crippen LogP contribution in [-0.2, 0) is 4.74 Å². The molecule has 0 aromatic heterocycles. The highest BCUT2D eigenvalue weighted by atomic mass is 79.9. The second-order valence-corrected chi connectivity index (χ2v) is 5.83. The Morgan fingerprint density at radius 2 is 1.76 bits per heavy atom. The highest BCUT2D eigenvalue weighted by Gasteiger charge is 2.25. The van der Waals surface area contributed by atoms with Gasteiger partial charge in [-0.2, -0.15) is 0 Å². The van der Waals surface area contributed by atoms with Crippen LogP contribution in [0, 0.1) is 11.3 Å². The SMILES string of the molecule is CCCCC(CC)COCC(CC)(CC)CBr. The molecular formula is C15H31BrO. The number of halogens is 1. The van der Waals surface area contributed by atoms with Gasteiger partial charge in [0.15, 0.2) is 0 Å². The van der Waals surface area contributed by atoms with Crippen molar-refractivity contribution in [2.75, 3.05) is 18.5 Å². The van der Waals surface area contributed by atoms with Crippen molar-refractivity contribution in [3.63, 3.8) is 0 Å². The zero-order chi connectivity index (χ0) is 13.1. The van der Waals surface area contributed by atoms with Gasteiger partial charge in [0, 0.05) is 17.4 Å². The molecule has 0 amide bonds. The minimum atomic E-state index is 0.350. The first-order chi connectivity index (χ1) is 8.17. The van der Waals surface area contributed by atoms with Gasteiger partial charge in [-0.1, -0.05) is 62.9 Å². The molecular weight excluding hydrogens is 276 g/mol. The zero-order valence-electron chi connectivity index (χ0n) is 12.2. The Kier molecular flexibility index (Phi) is 10.6. The zero-order valence-corrected chi connectivity index (χ0v) is 13.8. The number of rotatable bonds is 11. The third kappa shape index (κ3) is 6.81. The van der Waals surface area contributed by atoms with E-state index in [1.54, 1.807) is 0 Å². The lowest BCUT2D eigenvalue weighted by molar-refractivity contribution is 0.0286. The van der Waals surface area contributed by atoms with Crippen molar-refractivity contribution >= 4 is 15.9 Å². The number of hydrogen-bond donors (Lipinski definition) is 0. The monoisotopic (exact) mass is 306 g/mol. The number of ether oxygens (including phenoxy) is 1. The Balaban J connectivity index is 3.92. The van der Waals surface area contributed by atoms with Crippen LogP contribution in [0.1, 0.15) is 66.2 Å². The van der Waals surface area contributed by atoms with Crippen LogP contribution in [0.25, 0.3) is 0 Å². The molecule has 0 fully saturated rings. The van der Waals surface area contributed by atoms with Crippen LogP contribution in [0.4, 0.5) is 0 Å². The van der Waals surface area contributed by atoms with E-state index in [9.17, 15) is 0 Å². The van der Waals surface area contributed by atoms with Crippen LogP contribution in [0.2, 0.25) is 0 Å². The van der Waals surface area contributed by atoms with Crippen molar-refractivity contribution in [1.29, 1.82) is 0 Å². The molecule has 0 radical (unpaired) electrons. The highest BCUT2D eigenvalue weighted by molar-refractivity contribution is 9.09. The molecule has 0 bridgehead atoms. The molecule has 0 aromatic rings. The predicted octanol–water partition coefficient (Wildman–Crippen LogP) is 5.42. The van der Waals surface area contributed by atoms with Gasteiger partial charge in [0.2, 0.25) is 0 Å². The maximum absolute atomic E-state index is 5.99. The van der Waals surface area contributed by atoms with E-state index in [4.69, 9.17) is 4.74 Å². The van der Waals surface area contributed by atoms with Gasteiger partial charge >= 0.3 is 0 Å². The van der Waals surface area contributed by atoms with Crippen molar-refractivity contribution in [2.24, 2.45) is 11.3 Å². The van der Waals surface area contributed by atoms with Crippen LogP contribution in [0.5, 0.6) is 0 Å². The number of hydrogen-bond acceptors (Lipinski definition) is 1. The molecule has 1 atom stereocenters. The van der Waals surface area contributed by atoms with Crippen LogP contribution in [0.3, 0.4) is 0 Å². The molecule has 0 aliphatic rings. The largest absolute Gasteiger partial charge is 0.381 e. The maximum atomic E-state index is 5.99. The van der Waals surface area contributed by atoms with Gasteiger partial charge in [-0.05, 0) is 25.2 Å². The molecule has 17 heavy (non-hydrogen) atoms. The van der Waals surface area contributed by atoms with E-state index in [1.807, 2.05) is 0 Å². The Hall–Kier alpha value is 0.440. The van der Waals surface area contributed by atoms with Crippen LogP contribution in [-0.4, -0.2) is 18.5 Å². The van der Waals surface area contributed by atoms with Gasteiger partial charge in [-0.15, -0.1) is 0 Å². The fraction of sp³-hybridized carbons (Fsp3) is 1.00. The van der Waals surface area contributed by atoms with Crippen LogP contribution in [0.15, 0.2) is 0 Å². The third-order valence-corrected chi connectivity index (χ3v) is 5.28. The van der Waals surface area contributed by atoms with Gasteiger partial charge in [-0.3, -0.25) is 0 Å². The lowest BCUT2D eigenvalue weighted by atomic mass is 9.86. The van der Waals surface area contributed by atoms with Crippen LogP contribution >= 0.6 is 15.9 Å². The molecule has 2 heteroatoms. The summed E-state index contributed by atoms with van der Waals surface area (Å²) in [5.41, 5.74) is 0.350. The first-order valence-electron chi connectivity index (χ1n) is 7.31. The molecule has 1 nitrogen and oxygen atoms in total. The molecule has 0 saturated carbocycles. The van der Waals surface area contributed by atoms with Crippen molar-refractivity contribution in [2.45, 2.75) is 66.2 Å². The molecule has 0 aliphatic heterocycles.